The molecule has 94 valence electrons. The van der Waals surface area contributed by atoms with Crippen LogP contribution in [0.15, 0.2) is 30.5 Å². The first kappa shape index (κ1) is 11.4. The summed E-state index contributed by atoms with van der Waals surface area (Å²) < 4.78 is 0. The highest BCUT2D eigenvalue weighted by atomic mass is 15.3. The number of hydrogen-bond acceptors (Lipinski definition) is 4. The summed E-state index contributed by atoms with van der Waals surface area (Å²) in [4.78, 5) is 2.33. The Bertz CT molecular complexity index is 531. The topological polar surface area (TPSA) is 55.0 Å². The lowest BCUT2D eigenvalue weighted by Crippen LogP contribution is -2.43. The molecule has 4 heteroatoms. The van der Waals surface area contributed by atoms with E-state index in [0.717, 1.165) is 17.7 Å². The summed E-state index contributed by atoms with van der Waals surface area (Å²) >= 11 is 0. The molecule has 1 heterocycles. The van der Waals surface area contributed by atoms with E-state index in [1.165, 1.54) is 24.6 Å². The molecule has 2 aromatic rings. The maximum absolute atomic E-state index is 5.74. The van der Waals surface area contributed by atoms with Crippen LogP contribution in [0.3, 0.4) is 0 Å². The van der Waals surface area contributed by atoms with E-state index in [-0.39, 0.29) is 0 Å². The maximum atomic E-state index is 5.74. The Morgan fingerprint density at radius 2 is 2.11 bits per heavy atom. The van der Waals surface area contributed by atoms with Gasteiger partial charge < -0.3 is 10.6 Å². The standard InChI is InChI=1S/C14H18N4/c15-8-9-18(12-5-3-6-12)14-13-7-2-1-4-11(13)10-16-17-14/h1-2,4,7,10,12H,3,5-6,8-9,15H2. The second kappa shape index (κ2) is 4.90. The number of hydrogen-bond donors (Lipinski definition) is 1. The second-order valence-electron chi connectivity index (χ2n) is 4.82. The van der Waals surface area contributed by atoms with Crippen molar-refractivity contribution in [3.8, 4) is 0 Å². The maximum Gasteiger partial charge on any atom is 0.159 e. The zero-order valence-electron chi connectivity index (χ0n) is 10.4. The molecular weight excluding hydrogens is 224 g/mol. The highest BCUT2D eigenvalue weighted by Gasteiger charge is 2.26. The summed E-state index contributed by atoms with van der Waals surface area (Å²) in [6.07, 6.45) is 5.61. The minimum atomic E-state index is 0.591. The van der Waals surface area contributed by atoms with E-state index < -0.39 is 0 Å². The van der Waals surface area contributed by atoms with Gasteiger partial charge in [-0.05, 0) is 19.3 Å². The molecule has 0 amide bonds. The summed E-state index contributed by atoms with van der Waals surface area (Å²) in [6, 6.07) is 8.86. The minimum Gasteiger partial charge on any atom is -0.350 e. The monoisotopic (exact) mass is 242 g/mol. The molecule has 4 nitrogen and oxygen atoms in total. The van der Waals surface area contributed by atoms with Crippen molar-refractivity contribution >= 4 is 16.6 Å². The highest BCUT2D eigenvalue weighted by Crippen LogP contribution is 2.31. The molecular formula is C14H18N4. The average molecular weight is 242 g/mol. The van der Waals surface area contributed by atoms with Crippen LogP contribution in [0.5, 0.6) is 0 Å². The fourth-order valence-corrected chi connectivity index (χ4v) is 2.52. The number of nitrogens with two attached hydrogens (primary N) is 1. The summed E-state index contributed by atoms with van der Waals surface area (Å²) in [5.74, 6) is 0.989. The van der Waals surface area contributed by atoms with Crippen molar-refractivity contribution in [3.63, 3.8) is 0 Å². The third-order valence-electron chi connectivity index (χ3n) is 3.71. The van der Waals surface area contributed by atoms with Gasteiger partial charge in [-0.1, -0.05) is 24.3 Å². The van der Waals surface area contributed by atoms with Gasteiger partial charge in [-0.25, -0.2) is 0 Å². The van der Waals surface area contributed by atoms with Gasteiger partial charge in [0.15, 0.2) is 5.82 Å². The van der Waals surface area contributed by atoms with Crippen LogP contribution in [-0.4, -0.2) is 29.3 Å². The van der Waals surface area contributed by atoms with E-state index in [4.69, 9.17) is 5.73 Å². The van der Waals surface area contributed by atoms with Crippen molar-refractivity contribution < 1.29 is 0 Å². The van der Waals surface area contributed by atoms with Crippen molar-refractivity contribution in [1.82, 2.24) is 10.2 Å². The van der Waals surface area contributed by atoms with E-state index in [1.807, 2.05) is 12.3 Å². The third kappa shape index (κ3) is 1.93. The van der Waals surface area contributed by atoms with E-state index in [0.29, 0.717) is 12.6 Å². The van der Waals surface area contributed by atoms with E-state index >= 15 is 0 Å². The van der Waals surface area contributed by atoms with Crippen molar-refractivity contribution in [2.75, 3.05) is 18.0 Å². The van der Waals surface area contributed by atoms with Gasteiger partial charge in [-0.2, -0.15) is 5.10 Å². The second-order valence-corrected chi connectivity index (χ2v) is 4.82. The quantitative estimate of drug-likeness (QED) is 0.890. The lowest BCUT2D eigenvalue weighted by atomic mass is 9.91. The van der Waals surface area contributed by atoms with Crippen molar-refractivity contribution in [1.29, 1.82) is 0 Å². The van der Waals surface area contributed by atoms with Crippen LogP contribution in [0.2, 0.25) is 0 Å². The molecule has 2 N–H and O–H groups in total. The molecule has 1 aromatic heterocycles. The van der Waals surface area contributed by atoms with Gasteiger partial charge in [0, 0.05) is 29.9 Å². The zero-order valence-corrected chi connectivity index (χ0v) is 10.4. The van der Waals surface area contributed by atoms with Crippen LogP contribution in [0.25, 0.3) is 10.8 Å². The first-order chi connectivity index (χ1) is 8.90. The van der Waals surface area contributed by atoms with Gasteiger partial charge in [0.05, 0.1) is 6.20 Å². The van der Waals surface area contributed by atoms with Crippen molar-refractivity contribution in [3.05, 3.63) is 30.5 Å². The van der Waals surface area contributed by atoms with Gasteiger partial charge in [-0.3, -0.25) is 0 Å². The van der Waals surface area contributed by atoms with Crippen LogP contribution >= 0.6 is 0 Å². The molecule has 1 aliphatic rings. The van der Waals surface area contributed by atoms with Gasteiger partial charge in [0.2, 0.25) is 0 Å². The minimum absolute atomic E-state index is 0.591. The summed E-state index contributed by atoms with van der Waals surface area (Å²) in [6.45, 7) is 1.51. The Balaban J connectivity index is 2.04. The molecule has 0 aliphatic heterocycles. The Labute approximate surface area is 107 Å². The van der Waals surface area contributed by atoms with E-state index in [9.17, 15) is 0 Å². The number of fused-ring (bicyclic) bond motifs is 1. The predicted octanol–water partition coefficient (Wildman–Crippen LogP) is 1.95. The molecule has 0 radical (unpaired) electrons. The number of nitrogens with zero attached hydrogens (tertiary/aromatic N) is 3. The molecule has 1 saturated carbocycles. The lowest BCUT2D eigenvalue weighted by molar-refractivity contribution is 0.386. The van der Waals surface area contributed by atoms with E-state index in [2.05, 4.69) is 33.3 Å². The van der Waals surface area contributed by atoms with Crippen LogP contribution in [0, 0.1) is 0 Å². The average Bonchev–Trinajstić information content (AvgIpc) is 2.35. The SMILES string of the molecule is NCCN(c1nncc2ccccc12)C1CCC1. The van der Waals surface area contributed by atoms with Crippen LogP contribution < -0.4 is 10.6 Å². The Morgan fingerprint density at radius 3 is 2.83 bits per heavy atom. The Kier molecular flexibility index (Phi) is 3.11. The molecule has 18 heavy (non-hydrogen) atoms. The molecule has 0 bridgehead atoms. The van der Waals surface area contributed by atoms with Gasteiger partial charge in [0.1, 0.15) is 0 Å². The molecule has 0 saturated heterocycles. The molecule has 1 aliphatic carbocycles. The number of aromatic nitrogens is 2. The van der Waals surface area contributed by atoms with Crippen LogP contribution in [0.1, 0.15) is 19.3 Å². The summed E-state index contributed by atoms with van der Waals surface area (Å²) in [5, 5.41) is 10.8. The largest absolute Gasteiger partial charge is 0.350 e. The number of rotatable bonds is 4. The molecule has 0 unspecified atom stereocenters. The van der Waals surface area contributed by atoms with Crippen LogP contribution in [-0.2, 0) is 0 Å². The Hall–Kier alpha value is -1.68. The molecule has 0 atom stereocenters. The van der Waals surface area contributed by atoms with Gasteiger partial charge >= 0.3 is 0 Å². The van der Waals surface area contributed by atoms with Crippen LogP contribution in [0.4, 0.5) is 5.82 Å². The molecule has 3 rings (SSSR count). The fraction of sp³-hybridized carbons (Fsp3) is 0.429. The summed E-state index contributed by atoms with van der Waals surface area (Å²) in [5.41, 5.74) is 5.74. The van der Waals surface area contributed by atoms with Gasteiger partial charge in [0.25, 0.3) is 0 Å². The smallest absolute Gasteiger partial charge is 0.159 e. The lowest BCUT2D eigenvalue weighted by Gasteiger charge is -2.38. The Morgan fingerprint density at radius 1 is 1.28 bits per heavy atom. The highest BCUT2D eigenvalue weighted by molar-refractivity contribution is 5.91. The first-order valence-corrected chi connectivity index (χ1v) is 6.57. The van der Waals surface area contributed by atoms with Gasteiger partial charge in [-0.15, -0.1) is 5.10 Å². The zero-order chi connectivity index (χ0) is 12.4. The third-order valence-corrected chi connectivity index (χ3v) is 3.71. The predicted molar refractivity (Wildman–Crippen MR) is 73.6 cm³/mol. The number of anilines is 1. The van der Waals surface area contributed by atoms with Crippen molar-refractivity contribution in [2.24, 2.45) is 5.73 Å². The molecule has 1 aromatic carbocycles. The van der Waals surface area contributed by atoms with Crippen molar-refractivity contribution in [2.45, 2.75) is 25.3 Å². The van der Waals surface area contributed by atoms with E-state index in [1.54, 1.807) is 0 Å². The normalized spacial score (nSPS) is 15.6. The molecule has 1 fully saturated rings. The fourth-order valence-electron chi connectivity index (χ4n) is 2.52. The first-order valence-electron chi connectivity index (χ1n) is 6.57. The summed E-state index contributed by atoms with van der Waals surface area (Å²) in [7, 11) is 0. The molecule has 0 spiro atoms. The number of benzene rings is 1.